The molecular weight excluding hydrogens is 596 g/mol. The van der Waals surface area contributed by atoms with Crippen LogP contribution in [0.4, 0.5) is 34.1 Å². The van der Waals surface area contributed by atoms with E-state index in [0.717, 1.165) is 67.9 Å². The Balaban J connectivity index is 1.30. The first-order valence-electron chi connectivity index (χ1n) is 16.1. The Morgan fingerprint density at radius 2 is 0.625 bits per heavy atom. The normalized spacial score (nSPS) is 10.8. The molecule has 48 heavy (non-hydrogen) atoms. The van der Waals surface area contributed by atoms with E-state index in [1.807, 2.05) is 24.3 Å². The van der Waals surface area contributed by atoms with Crippen LogP contribution in [0.25, 0.3) is 11.1 Å². The molecule has 0 fully saturated rings. The van der Waals surface area contributed by atoms with Gasteiger partial charge in [0.05, 0.1) is 14.2 Å². The molecule has 6 nitrogen and oxygen atoms in total. The number of ether oxygens (including phenoxy) is 2. The third kappa shape index (κ3) is 7.36. The molecular formula is C42H40N2O4. The molecule has 6 aromatic carbocycles. The predicted octanol–water partition coefficient (Wildman–Crippen LogP) is 9.38. The molecule has 6 heteroatoms. The van der Waals surface area contributed by atoms with Crippen LogP contribution in [0.15, 0.2) is 146 Å². The number of hydrogen-bond acceptors (Lipinski definition) is 6. The average molecular weight is 637 g/mol. The summed E-state index contributed by atoms with van der Waals surface area (Å²) in [6.07, 6.45) is 1.25. The van der Waals surface area contributed by atoms with E-state index in [0.29, 0.717) is 12.8 Å². The molecule has 0 atom stereocenters. The van der Waals surface area contributed by atoms with Crippen molar-refractivity contribution >= 4 is 34.1 Å². The van der Waals surface area contributed by atoms with Gasteiger partial charge in [0.25, 0.3) is 0 Å². The second-order valence-electron chi connectivity index (χ2n) is 11.4. The smallest absolute Gasteiger partial charge is 0.119 e. The monoisotopic (exact) mass is 636 g/mol. The highest BCUT2D eigenvalue weighted by Crippen LogP contribution is 2.39. The maximum atomic E-state index is 9.39. The van der Waals surface area contributed by atoms with Gasteiger partial charge in [-0.25, -0.2) is 0 Å². The number of rotatable bonds is 13. The minimum Gasteiger partial charge on any atom is -0.497 e. The van der Waals surface area contributed by atoms with Crippen molar-refractivity contribution in [3.8, 4) is 22.6 Å². The molecule has 6 rings (SSSR count). The van der Waals surface area contributed by atoms with Gasteiger partial charge >= 0.3 is 0 Å². The van der Waals surface area contributed by atoms with E-state index >= 15 is 0 Å². The van der Waals surface area contributed by atoms with Crippen LogP contribution in [0.3, 0.4) is 0 Å². The van der Waals surface area contributed by atoms with Crippen molar-refractivity contribution in [1.82, 2.24) is 0 Å². The fraction of sp³-hybridized carbons (Fsp3) is 0.143. The Kier molecular flexibility index (Phi) is 10.4. The van der Waals surface area contributed by atoms with Gasteiger partial charge in [-0.05, 0) is 132 Å². The highest BCUT2D eigenvalue weighted by molar-refractivity contribution is 5.81. The second kappa shape index (κ2) is 15.4. The fourth-order valence-electron chi connectivity index (χ4n) is 5.84. The average Bonchev–Trinajstić information content (AvgIpc) is 3.15. The van der Waals surface area contributed by atoms with Gasteiger partial charge in [-0.3, -0.25) is 0 Å². The van der Waals surface area contributed by atoms with Gasteiger partial charge in [-0.2, -0.15) is 0 Å². The molecule has 0 amide bonds. The van der Waals surface area contributed by atoms with Crippen molar-refractivity contribution in [2.24, 2.45) is 0 Å². The summed E-state index contributed by atoms with van der Waals surface area (Å²) in [6.45, 7) is 0.248. The van der Waals surface area contributed by atoms with E-state index in [-0.39, 0.29) is 13.2 Å². The number of methoxy groups -OCH3 is 2. The molecule has 0 aromatic heterocycles. The molecule has 0 unspecified atom stereocenters. The molecule has 0 aliphatic carbocycles. The summed E-state index contributed by atoms with van der Waals surface area (Å²) in [5, 5.41) is 18.8. The van der Waals surface area contributed by atoms with Gasteiger partial charge < -0.3 is 29.5 Å². The topological polar surface area (TPSA) is 65.4 Å². The van der Waals surface area contributed by atoms with Crippen LogP contribution in [0.5, 0.6) is 11.5 Å². The lowest BCUT2D eigenvalue weighted by Crippen LogP contribution is -2.10. The molecule has 242 valence electrons. The predicted molar refractivity (Wildman–Crippen MR) is 196 cm³/mol. The lowest BCUT2D eigenvalue weighted by Gasteiger charge is -2.26. The molecule has 0 spiro atoms. The number of anilines is 6. The number of nitrogens with zero attached hydrogens (tertiary/aromatic N) is 2. The Hall–Kier alpha value is -5.56. The molecule has 0 saturated carbocycles. The van der Waals surface area contributed by atoms with Gasteiger partial charge in [0.2, 0.25) is 0 Å². The van der Waals surface area contributed by atoms with E-state index in [4.69, 9.17) is 9.47 Å². The summed E-state index contributed by atoms with van der Waals surface area (Å²) in [5.74, 6) is 1.62. The van der Waals surface area contributed by atoms with Crippen molar-refractivity contribution in [3.05, 3.63) is 157 Å². The molecule has 0 aliphatic rings. The Labute approximate surface area is 282 Å². The van der Waals surface area contributed by atoms with Crippen LogP contribution in [-0.4, -0.2) is 37.6 Å². The van der Waals surface area contributed by atoms with E-state index in [9.17, 15) is 10.2 Å². The zero-order valence-electron chi connectivity index (χ0n) is 27.3. The first-order chi connectivity index (χ1) is 23.6. The van der Waals surface area contributed by atoms with Gasteiger partial charge in [-0.15, -0.1) is 0 Å². The van der Waals surface area contributed by atoms with Crippen LogP contribution >= 0.6 is 0 Å². The van der Waals surface area contributed by atoms with Crippen LogP contribution in [0.2, 0.25) is 0 Å². The van der Waals surface area contributed by atoms with E-state index in [1.54, 1.807) is 14.2 Å². The summed E-state index contributed by atoms with van der Waals surface area (Å²) < 4.78 is 10.8. The minimum atomic E-state index is 0.124. The summed E-state index contributed by atoms with van der Waals surface area (Å²) in [6, 6.07) is 49.9. The summed E-state index contributed by atoms with van der Waals surface area (Å²) in [5.41, 5.74) is 10.6. The lowest BCUT2D eigenvalue weighted by molar-refractivity contribution is 0.299. The van der Waals surface area contributed by atoms with Gasteiger partial charge in [0, 0.05) is 47.3 Å². The second-order valence-corrected chi connectivity index (χ2v) is 11.4. The molecule has 6 aromatic rings. The lowest BCUT2D eigenvalue weighted by atomic mass is 10.0. The van der Waals surface area contributed by atoms with Gasteiger partial charge in [0.1, 0.15) is 11.5 Å². The third-order valence-corrected chi connectivity index (χ3v) is 8.44. The largest absolute Gasteiger partial charge is 0.497 e. The number of aliphatic hydroxyl groups excluding tert-OH is 2. The maximum absolute atomic E-state index is 9.39. The molecule has 0 heterocycles. The summed E-state index contributed by atoms with van der Waals surface area (Å²) >= 11 is 0. The zero-order chi connectivity index (χ0) is 33.3. The standard InChI is InChI=1S/C42H40N2O4/c1-47-41-23-19-39(20-24-41)44(40-21-25-42(48-2)26-22-40)38-17-9-34(10-18-38)33-7-15-37(16-8-33)43(35-11-3-31(4-12-35)27-29-45)36-13-5-32(6-14-36)28-30-46/h3-26,45-46H,27-30H2,1-2H3. The van der Waals surface area contributed by atoms with Crippen molar-refractivity contribution in [2.45, 2.75) is 12.8 Å². The highest BCUT2D eigenvalue weighted by Gasteiger charge is 2.15. The molecule has 0 radical (unpaired) electrons. The van der Waals surface area contributed by atoms with Gasteiger partial charge in [-0.1, -0.05) is 48.5 Å². The fourth-order valence-corrected chi connectivity index (χ4v) is 5.84. The maximum Gasteiger partial charge on any atom is 0.119 e. The first kappa shape index (κ1) is 32.4. The number of hydrogen-bond donors (Lipinski definition) is 2. The number of aliphatic hydroxyl groups is 2. The van der Waals surface area contributed by atoms with Crippen molar-refractivity contribution in [2.75, 3.05) is 37.2 Å². The zero-order valence-corrected chi connectivity index (χ0v) is 27.3. The quantitative estimate of drug-likeness (QED) is 0.132. The molecule has 2 N–H and O–H groups in total. The summed E-state index contributed by atoms with van der Waals surface area (Å²) in [7, 11) is 3.35. The van der Waals surface area contributed by atoms with Crippen molar-refractivity contribution < 1.29 is 19.7 Å². The van der Waals surface area contributed by atoms with E-state index < -0.39 is 0 Å². The van der Waals surface area contributed by atoms with Crippen LogP contribution in [0, 0.1) is 0 Å². The number of benzene rings is 6. The van der Waals surface area contributed by atoms with Crippen molar-refractivity contribution in [1.29, 1.82) is 0 Å². The SMILES string of the molecule is COc1ccc(N(c2ccc(OC)cc2)c2ccc(-c3ccc(N(c4ccc(CCO)cc4)c4ccc(CCO)cc4)cc3)cc2)cc1. The van der Waals surface area contributed by atoms with Crippen LogP contribution in [0.1, 0.15) is 11.1 Å². The van der Waals surface area contributed by atoms with E-state index in [2.05, 4.69) is 131 Å². The van der Waals surface area contributed by atoms with Crippen molar-refractivity contribution in [3.63, 3.8) is 0 Å². The Bertz CT molecular complexity index is 1770. The molecule has 0 saturated heterocycles. The van der Waals surface area contributed by atoms with Crippen LogP contribution in [-0.2, 0) is 12.8 Å². The minimum absolute atomic E-state index is 0.124. The Morgan fingerprint density at radius 3 is 0.875 bits per heavy atom. The molecule has 0 bridgehead atoms. The van der Waals surface area contributed by atoms with Gasteiger partial charge in [0.15, 0.2) is 0 Å². The summed E-state index contributed by atoms with van der Waals surface area (Å²) in [4.78, 5) is 4.43. The highest BCUT2D eigenvalue weighted by atomic mass is 16.5. The Morgan fingerprint density at radius 1 is 0.375 bits per heavy atom. The first-order valence-corrected chi connectivity index (χ1v) is 16.1. The molecule has 0 aliphatic heterocycles. The third-order valence-electron chi connectivity index (χ3n) is 8.44. The van der Waals surface area contributed by atoms with E-state index in [1.165, 1.54) is 0 Å². The van der Waals surface area contributed by atoms with Crippen LogP contribution < -0.4 is 19.3 Å².